The molecule has 3 heterocycles. The highest BCUT2D eigenvalue weighted by Crippen LogP contribution is 2.41. The van der Waals surface area contributed by atoms with E-state index in [0.29, 0.717) is 16.5 Å². The number of aromatic nitrogens is 5. The molecule has 2 N–H and O–H groups in total. The maximum absolute atomic E-state index is 14.0. The molecule has 0 aliphatic heterocycles. The van der Waals surface area contributed by atoms with E-state index in [1.165, 1.54) is 23.5 Å². The fourth-order valence-corrected chi connectivity index (χ4v) is 4.63. The van der Waals surface area contributed by atoms with E-state index in [4.69, 9.17) is 4.74 Å². The fraction of sp³-hybridized carbons (Fsp3) is 0.304. The van der Waals surface area contributed by atoms with Gasteiger partial charge in [-0.1, -0.05) is 6.92 Å². The number of thiophene rings is 1. The van der Waals surface area contributed by atoms with Crippen LogP contribution in [0.1, 0.15) is 30.2 Å². The summed E-state index contributed by atoms with van der Waals surface area (Å²) in [5, 5.41) is 13.3. The highest BCUT2D eigenvalue weighted by Gasteiger charge is 2.35. The number of ether oxygens (including phenoxy) is 1. The summed E-state index contributed by atoms with van der Waals surface area (Å²) in [6.45, 7) is 1.54. The predicted octanol–water partition coefficient (Wildman–Crippen LogP) is 6.25. The number of rotatable bonds is 8. The van der Waals surface area contributed by atoms with Gasteiger partial charge in [0, 0.05) is 33.0 Å². The Balaban J connectivity index is 1.78. The van der Waals surface area contributed by atoms with Crippen LogP contribution in [0.25, 0.3) is 33.1 Å². The lowest BCUT2D eigenvalue weighted by molar-refractivity contribution is -0.137. The normalized spacial score (nSPS) is 12.2. The van der Waals surface area contributed by atoms with Gasteiger partial charge in [-0.2, -0.15) is 26.3 Å². The van der Waals surface area contributed by atoms with E-state index in [1.807, 2.05) is 13.0 Å². The standard InChI is InChI=1S/C23H19F6N5O2S/c1-2-13-5-7-18(37-13)15-11-17(30-21(35)19(15)20-31-33-34-32-20)14-6-4-12(10-16(14)23(27,28)29)36-9-3-8-22(24,25)26/h4-7,10-11H,2-3,8-9H2,1H3,(H,30,35)(H,31,32,33,34). The summed E-state index contributed by atoms with van der Waals surface area (Å²) >= 11 is 1.38. The Kier molecular flexibility index (Phi) is 7.39. The molecular formula is C23H19F6N5O2S. The van der Waals surface area contributed by atoms with Crippen LogP contribution >= 0.6 is 11.3 Å². The molecule has 14 heteroatoms. The first kappa shape index (κ1) is 26.4. The molecule has 0 bridgehead atoms. The fourth-order valence-electron chi connectivity index (χ4n) is 3.66. The second-order valence-corrected chi connectivity index (χ2v) is 9.11. The zero-order chi connectivity index (χ0) is 26.8. The number of hydrogen-bond acceptors (Lipinski definition) is 6. The third-order valence-electron chi connectivity index (χ3n) is 5.35. The van der Waals surface area contributed by atoms with E-state index >= 15 is 0 Å². The number of hydrogen-bond donors (Lipinski definition) is 2. The zero-order valence-electron chi connectivity index (χ0n) is 19.1. The number of aromatic amines is 2. The van der Waals surface area contributed by atoms with Gasteiger partial charge >= 0.3 is 12.4 Å². The summed E-state index contributed by atoms with van der Waals surface area (Å²) < 4.78 is 84.1. The highest BCUT2D eigenvalue weighted by atomic mass is 32.1. The molecule has 37 heavy (non-hydrogen) atoms. The molecule has 0 fully saturated rings. The van der Waals surface area contributed by atoms with Gasteiger partial charge in [0.1, 0.15) is 5.75 Å². The lowest BCUT2D eigenvalue weighted by atomic mass is 9.99. The molecule has 0 spiro atoms. The van der Waals surface area contributed by atoms with Crippen molar-refractivity contribution in [3.8, 4) is 38.8 Å². The Bertz CT molecular complexity index is 1430. The molecule has 0 radical (unpaired) electrons. The van der Waals surface area contributed by atoms with Crippen LogP contribution in [0, 0.1) is 0 Å². The molecule has 0 aliphatic carbocycles. The van der Waals surface area contributed by atoms with Crippen LogP contribution in [0.4, 0.5) is 26.3 Å². The van der Waals surface area contributed by atoms with Crippen LogP contribution in [-0.2, 0) is 12.6 Å². The van der Waals surface area contributed by atoms with Gasteiger partial charge < -0.3 is 9.72 Å². The van der Waals surface area contributed by atoms with Gasteiger partial charge in [0.05, 0.1) is 17.7 Å². The first-order chi connectivity index (χ1) is 17.5. The summed E-state index contributed by atoms with van der Waals surface area (Å²) in [6, 6.07) is 8.06. The van der Waals surface area contributed by atoms with Crippen LogP contribution in [-0.4, -0.2) is 38.4 Å². The predicted molar refractivity (Wildman–Crippen MR) is 124 cm³/mol. The van der Waals surface area contributed by atoms with Gasteiger partial charge in [-0.15, -0.1) is 16.4 Å². The van der Waals surface area contributed by atoms with E-state index in [2.05, 4.69) is 25.6 Å². The lowest BCUT2D eigenvalue weighted by Crippen LogP contribution is -2.15. The number of tetrazole rings is 1. The number of pyridine rings is 1. The number of benzene rings is 1. The lowest BCUT2D eigenvalue weighted by Gasteiger charge is -2.16. The second-order valence-electron chi connectivity index (χ2n) is 7.94. The average molecular weight is 543 g/mol. The topological polar surface area (TPSA) is 96.6 Å². The van der Waals surface area contributed by atoms with Crippen molar-refractivity contribution < 1.29 is 31.1 Å². The minimum Gasteiger partial charge on any atom is -0.494 e. The highest BCUT2D eigenvalue weighted by molar-refractivity contribution is 7.15. The zero-order valence-corrected chi connectivity index (χ0v) is 19.9. The number of H-pyrrole nitrogens is 2. The first-order valence-electron chi connectivity index (χ1n) is 11.0. The van der Waals surface area contributed by atoms with Gasteiger partial charge in [-0.3, -0.25) is 4.79 Å². The minimum atomic E-state index is -4.84. The van der Waals surface area contributed by atoms with Gasteiger partial charge in [-0.25, -0.2) is 5.10 Å². The molecule has 4 rings (SSSR count). The van der Waals surface area contributed by atoms with Crippen molar-refractivity contribution in [3.63, 3.8) is 0 Å². The Morgan fingerprint density at radius 3 is 2.43 bits per heavy atom. The number of alkyl halides is 6. The van der Waals surface area contributed by atoms with Crippen molar-refractivity contribution in [2.45, 2.75) is 38.5 Å². The number of nitrogens with one attached hydrogen (secondary N) is 2. The van der Waals surface area contributed by atoms with E-state index in [0.717, 1.165) is 17.4 Å². The summed E-state index contributed by atoms with van der Waals surface area (Å²) in [4.78, 5) is 17.2. The maximum Gasteiger partial charge on any atom is 0.417 e. The molecule has 0 amide bonds. The second kappa shape index (κ2) is 10.4. The molecule has 4 aromatic rings. The van der Waals surface area contributed by atoms with Crippen LogP contribution < -0.4 is 10.3 Å². The van der Waals surface area contributed by atoms with Crippen molar-refractivity contribution in [1.29, 1.82) is 0 Å². The molecule has 0 atom stereocenters. The Morgan fingerprint density at radius 2 is 1.81 bits per heavy atom. The van der Waals surface area contributed by atoms with Crippen molar-refractivity contribution in [1.82, 2.24) is 25.6 Å². The molecule has 0 saturated heterocycles. The van der Waals surface area contributed by atoms with Crippen molar-refractivity contribution in [2.75, 3.05) is 6.61 Å². The van der Waals surface area contributed by atoms with E-state index in [1.54, 1.807) is 6.07 Å². The van der Waals surface area contributed by atoms with E-state index in [9.17, 15) is 31.1 Å². The maximum atomic E-state index is 14.0. The summed E-state index contributed by atoms with van der Waals surface area (Å²) in [5.41, 5.74) is -1.87. The van der Waals surface area contributed by atoms with Gasteiger partial charge in [0.25, 0.3) is 5.56 Å². The number of aryl methyl sites for hydroxylation is 1. The first-order valence-corrected chi connectivity index (χ1v) is 11.8. The SMILES string of the molecule is CCc1ccc(-c2cc(-c3ccc(OCCCC(F)(F)F)cc3C(F)(F)F)[nH]c(=O)c2-c2nnn[nH]2)s1. The minimum absolute atomic E-state index is 0.0490. The number of nitrogens with zero attached hydrogens (tertiary/aromatic N) is 3. The molecule has 3 aromatic heterocycles. The summed E-state index contributed by atoms with van der Waals surface area (Å²) in [5.74, 6) is -0.191. The van der Waals surface area contributed by atoms with Crippen LogP contribution in [0.2, 0.25) is 0 Å². The smallest absolute Gasteiger partial charge is 0.417 e. The van der Waals surface area contributed by atoms with Crippen molar-refractivity contribution in [3.05, 3.63) is 57.2 Å². The van der Waals surface area contributed by atoms with Crippen LogP contribution in [0.5, 0.6) is 5.75 Å². The van der Waals surface area contributed by atoms with Crippen molar-refractivity contribution >= 4 is 11.3 Å². The van der Waals surface area contributed by atoms with Gasteiger partial charge in [0.15, 0.2) is 5.82 Å². The molecular weight excluding hydrogens is 524 g/mol. The quantitative estimate of drug-likeness (QED) is 0.202. The van der Waals surface area contributed by atoms with Gasteiger partial charge in [0.2, 0.25) is 0 Å². The Hall–Kier alpha value is -3.68. The largest absolute Gasteiger partial charge is 0.494 e. The molecule has 0 unspecified atom stereocenters. The van der Waals surface area contributed by atoms with Crippen LogP contribution in [0.15, 0.2) is 41.2 Å². The average Bonchev–Trinajstić information content (AvgIpc) is 3.52. The van der Waals surface area contributed by atoms with E-state index in [-0.39, 0.29) is 28.4 Å². The molecule has 0 saturated carbocycles. The molecule has 1 aromatic carbocycles. The third kappa shape index (κ3) is 6.18. The molecule has 0 aliphatic rings. The van der Waals surface area contributed by atoms with Gasteiger partial charge in [-0.05, 0) is 59.7 Å². The number of halogens is 6. The summed E-state index contributed by atoms with van der Waals surface area (Å²) in [6.07, 6.45) is -10.0. The summed E-state index contributed by atoms with van der Waals surface area (Å²) in [7, 11) is 0. The molecule has 7 nitrogen and oxygen atoms in total. The Morgan fingerprint density at radius 1 is 1.03 bits per heavy atom. The monoisotopic (exact) mass is 543 g/mol. The third-order valence-corrected chi connectivity index (χ3v) is 6.61. The Labute approximate surface area is 209 Å². The molecule has 196 valence electrons. The van der Waals surface area contributed by atoms with E-state index < -0.39 is 42.9 Å². The van der Waals surface area contributed by atoms with Crippen molar-refractivity contribution in [2.24, 2.45) is 0 Å². The van der Waals surface area contributed by atoms with Crippen LogP contribution in [0.3, 0.4) is 0 Å².